The fraction of sp³-hybridized carbons (Fsp3) is 0.688. The highest BCUT2D eigenvalue weighted by Gasteiger charge is 2.31. The molecule has 1 aromatic heterocycles. The number of hydrogen-bond donors (Lipinski definition) is 2. The normalized spacial score (nSPS) is 21.1. The van der Waals surface area contributed by atoms with E-state index in [-0.39, 0.29) is 17.9 Å². The zero-order valence-electron chi connectivity index (χ0n) is 13.6. The summed E-state index contributed by atoms with van der Waals surface area (Å²) < 4.78 is 2.01. The van der Waals surface area contributed by atoms with Crippen LogP contribution in [0.2, 0.25) is 0 Å². The van der Waals surface area contributed by atoms with Gasteiger partial charge in [-0.2, -0.15) is 0 Å². The maximum absolute atomic E-state index is 12.3. The first-order chi connectivity index (χ1) is 11.1. The largest absolute Gasteiger partial charge is 0.354 e. The van der Waals surface area contributed by atoms with Crippen LogP contribution in [0.4, 0.5) is 4.79 Å². The number of urea groups is 1. The van der Waals surface area contributed by atoms with Crippen molar-refractivity contribution in [2.45, 2.75) is 45.2 Å². The molecule has 0 aromatic carbocycles. The van der Waals surface area contributed by atoms with E-state index in [0.717, 1.165) is 44.6 Å². The number of nitrogens with one attached hydrogen (secondary N) is 2. The van der Waals surface area contributed by atoms with Crippen molar-refractivity contribution in [3.05, 3.63) is 18.2 Å². The average Bonchev–Trinajstić information content (AvgIpc) is 3.28. The monoisotopic (exact) mass is 319 g/mol. The van der Waals surface area contributed by atoms with Crippen molar-refractivity contribution in [2.75, 3.05) is 19.6 Å². The standard InChI is InChI=1S/C16H25N5O2/c1-12-17-6-9-20(12)10-7-18-15(22)13-3-2-8-21(11-13)16(23)19-14-4-5-14/h6,9,13-14H,2-5,7-8,10-11H2,1H3,(H,18,22)(H,19,23). The van der Waals surface area contributed by atoms with Gasteiger partial charge in [-0.1, -0.05) is 0 Å². The molecular weight excluding hydrogens is 294 g/mol. The summed E-state index contributed by atoms with van der Waals surface area (Å²) in [5.41, 5.74) is 0. The third kappa shape index (κ3) is 4.24. The molecule has 7 nitrogen and oxygen atoms in total. The van der Waals surface area contributed by atoms with E-state index in [9.17, 15) is 9.59 Å². The van der Waals surface area contributed by atoms with Crippen molar-refractivity contribution in [1.29, 1.82) is 0 Å². The molecule has 2 heterocycles. The Morgan fingerprint density at radius 1 is 1.35 bits per heavy atom. The number of imidazole rings is 1. The van der Waals surface area contributed by atoms with Crippen LogP contribution in [-0.2, 0) is 11.3 Å². The summed E-state index contributed by atoms with van der Waals surface area (Å²) in [6, 6.07) is 0.342. The van der Waals surface area contributed by atoms with Crippen molar-refractivity contribution < 1.29 is 9.59 Å². The molecule has 1 aliphatic carbocycles. The summed E-state index contributed by atoms with van der Waals surface area (Å²) in [6.45, 7) is 4.52. The third-order valence-corrected chi connectivity index (χ3v) is 4.56. The number of amides is 3. The lowest BCUT2D eigenvalue weighted by atomic mass is 9.97. The molecule has 2 N–H and O–H groups in total. The SMILES string of the molecule is Cc1nccn1CCNC(=O)C1CCCN(C(=O)NC2CC2)C1. The molecule has 126 valence electrons. The van der Waals surface area contributed by atoms with E-state index in [1.54, 1.807) is 11.1 Å². The molecule has 23 heavy (non-hydrogen) atoms. The molecule has 0 spiro atoms. The molecule has 0 bridgehead atoms. The number of likely N-dealkylation sites (tertiary alicyclic amines) is 1. The minimum absolute atomic E-state index is 0.0148. The summed E-state index contributed by atoms with van der Waals surface area (Å²) in [6.07, 6.45) is 7.56. The first-order valence-corrected chi connectivity index (χ1v) is 8.44. The molecule has 1 saturated heterocycles. The summed E-state index contributed by atoms with van der Waals surface area (Å²) in [4.78, 5) is 30.4. The highest BCUT2D eigenvalue weighted by Crippen LogP contribution is 2.21. The van der Waals surface area contributed by atoms with E-state index in [0.29, 0.717) is 19.1 Å². The minimum atomic E-state index is -0.0995. The second-order valence-corrected chi connectivity index (χ2v) is 6.47. The van der Waals surface area contributed by atoms with Crippen LogP contribution in [-0.4, -0.2) is 52.1 Å². The van der Waals surface area contributed by atoms with Gasteiger partial charge in [0.1, 0.15) is 5.82 Å². The molecule has 2 aliphatic rings. The zero-order chi connectivity index (χ0) is 16.2. The lowest BCUT2D eigenvalue weighted by molar-refractivity contribution is -0.126. The Morgan fingerprint density at radius 2 is 2.17 bits per heavy atom. The minimum Gasteiger partial charge on any atom is -0.354 e. The Hall–Kier alpha value is -2.05. The van der Waals surface area contributed by atoms with E-state index < -0.39 is 0 Å². The molecule has 3 amide bonds. The van der Waals surface area contributed by atoms with Gasteiger partial charge in [0.2, 0.25) is 5.91 Å². The van der Waals surface area contributed by atoms with E-state index in [2.05, 4.69) is 15.6 Å². The summed E-state index contributed by atoms with van der Waals surface area (Å²) in [5, 5.41) is 5.98. The molecule has 3 rings (SSSR count). The van der Waals surface area contributed by atoms with Gasteiger partial charge in [0.15, 0.2) is 0 Å². The van der Waals surface area contributed by atoms with Crippen LogP contribution < -0.4 is 10.6 Å². The highest BCUT2D eigenvalue weighted by atomic mass is 16.2. The number of carbonyl (C=O) groups excluding carboxylic acids is 2. The Labute approximate surface area is 136 Å². The van der Waals surface area contributed by atoms with Crippen molar-refractivity contribution in [1.82, 2.24) is 25.1 Å². The van der Waals surface area contributed by atoms with Crippen molar-refractivity contribution in [3.63, 3.8) is 0 Å². The Balaban J connectivity index is 1.43. The molecule has 1 aromatic rings. The van der Waals surface area contributed by atoms with Gasteiger partial charge in [0.25, 0.3) is 0 Å². The smallest absolute Gasteiger partial charge is 0.317 e. The number of hydrogen-bond acceptors (Lipinski definition) is 3. The summed E-state index contributed by atoms with van der Waals surface area (Å²) in [7, 11) is 0. The van der Waals surface area contributed by atoms with Crippen LogP contribution in [0.5, 0.6) is 0 Å². The van der Waals surface area contributed by atoms with Gasteiger partial charge in [-0.3, -0.25) is 4.79 Å². The fourth-order valence-corrected chi connectivity index (χ4v) is 2.95. The number of aryl methyl sites for hydroxylation is 1. The van der Waals surface area contributed by atoms with Crippen molar-refractivity contribution >= 4 is 11.9 Å². The van der Waals surface area contributed by atoms with E-state index >= 15 is 0 Å². The topological polar surface area (TPSA) is 79.3 Å². The van der Waals surface area contributed by atoms with Crippen LogP contribution in [0.15, 0.2) is 12.4 Å². The van der Waals surface area contributed by atoms with Crippen LogP contribution in [0, 0.1) is 12.8 Å². The quantitative estimate of drug-likeness (QED) is 0.846. The molecule has 2 fully saturated rings. The van der Waals surface area contributed by atoms with Gasteiger partial charge in [-0.25, -0.2) is 9.78 Å². The maximum Gasteiger partial charge on any atom is 0.317 e. The van der Waals surface area contributed by atoms with Gasteiger partial charge < -0.3 is 20.1 Å². The van der Waals surface area contributed by atoms with E-state index in [1.165, 1.54) is 0 Å². The highest BCUT2D eigenvalue weighted by molar-refractivity contribution is 5.81. The summed E-state index contributed by atoms with van der Waals surface area (Å²) >= 11 is 0. The lowest BCUT2D eigenvalue weighted by Gasteiger charge is -2.32. The maximum atomic E-state index is 12.3. The Bertz CT molecular complexity index is 567. The molecule has 1 atom stereocenters. The predicted octanol–water partition coefficient (Wildman–Crippen LogP) is 0.892. The van der Waals surface area contributed by atoms with Gasteiger partial charge in [0.05, 0.1) is 5.92 Å². The van der Waals surface area contributed by atoms with Gasteiger partial charge in [0, 0.05) is 44.6 Å². The first-order valence-electron chi connectivity index (χ1n) is 8.44. The molecule has 0 radical (unpaired) electrons. The van der Waals surface area contributed by atoms with Crippen LogP contribution >= 0.6 is 0 Å². The zero-order valence-corrected chi connectivity index (χ0v) is 13.6. The summed E-state index contributed by atoms with van der Waals surface area (Å²) in [5.74, 6) is 0.893. The number of nitrogens with zero attached hydrogens (tertiary/aromatic N) is 3. The number of piperidine rings is 1. The Kier molecular flexibility index (Phi) is 4.83. The van der Waals surface area contributed by atoms with Gasteiger partial charge >= 0.3 is 6.03 Å². The van der Waals surface area contributed by atoms with Gasteiger partial charge in [-0.15, -0.1) is 0 Å². The molecule has 7 heteroatoms. The number of aromatic nitrogens is 2. The van der Waals surface area contributed by atoms with Crippen molar-refractivity contribution in [2.24, 2.45) is 5.92 Å². The predicted molar refractivity (Wildman–Crippen MR) is 85.8 cm³/mol. The van der Waals surface area contributed by atoms with Gasteiger partial charge in [-0.05, 0) is 32.6 Å². The lowest BCUT2D eigenvalue weighted by Crippen LogP contribution is -2.49. The fourth-order valence-electron chi connectivity index (χ4n) is 2.95. The molecule has 1 saturated carbocycles. The third-order valence-electron chi connectivity index (χ3n) is 4.56. The number of carbonyl (C=O) groups is 2. The second kappa shape index (κ2) is 7.02. The van der Waals surface area contributed by atoms with Crippen LogP contribution in [0.25, 0.3) is 0 Å². The molecule has 1 unspecified atom stereocenters. The Morgan fingerprint density at radius 3 is 2.87 bits per heavy atom. The second-order valence-electron chi connectivity index (χ2n) is 6.47. The number of rotatable bonds is 5. The van der Waals surface area contributed by atoms with Crippen molar-refractivity contribution in [3.8, 4) is 0 Å². The molecular formula is C16H25N5O2. The first kappa shape index (κ1) is 15.8. The van der Waals surface area contributed by atoms with Crippen LogP contribution in [0.3, 0.4) is 0 Å². The average molecular weight is 319 g/mol. The molecule has 1 aliphatic heterocycles. The van der Waals surface area contributed by atoms with E-state index in [4.69, 9.17) is 0 Å². The van der Waals surface area contributed by atoms with Crippen LogP contribution in [0.1, 0.15) is 31.5 Å². The van der Waals surface area contributed by atoms with E-state index in [1.807, 2.05) is 17.7 Å².